The molecule has 324 valence electrons. The van der Waals surface area contributed by atoms with E-state index >= 15 is 0 Å². The van der Waals surface area contributed by atoms with E-state index in [-0.39, 0.29) is 0 Å². The van der Waals surface area contributed by atoms with Gasteiger partial charge >= 0.3 is 0 Å². The number of hydrogen-bond donors (Lipinski definition) is 0. The minimum Gasteiger partial charge on any atom is -0.0622 e. The third-order valence-corrected chi connectivity index (χ3v) is 14.7. The highest BCUT2D eigenvalue weighted by atomic mass is 14.3. The van der Waals surface area contributed by atoms with Crippen LogP contribution in [0.3, 0.4) is 0 Å². The zero-order valence-electron chi connectivity index (χ0n) is 38.4. The highest BCUT2D eigenvalue weighted by Gasteiger charge is 2.22. The lowest BCUT2D eigenvalue weighted by atomic mass is 9.81. The average Bonchev–Trinajstić information content (AvgIpc) is 3.43. The van der Waals surface area contributed by atoms with Gasteiger partial charge in [-0.15, -0.1) is 0 Å². The Hall–Kier alpha value is -9.10. The van der Waals surface area contributed by atoms with Crippen LogP contribution in [0.5, 0.6) is 0 Å². The minimum absolute atomic E-state index is 1.19. The molecule has 0 saturated heterocycles. The van der Waals surface area contributed by atoms with Gasteiger partial charge in [-0.3, -0.25) is 0 Å². The molecule has 0 heteroatoms. The number of hydrogen-bond acceptors (Lipinski definition) is 0. The van der Waals surface area contributed by atoms with Crippen LogP contribution in [0.4, 0.5) is 0 Å². The highest BCUT2D eigenvalue weighted by Crippen LogP contribution is 2.50. The van der Waals surface area contributed by atoms with Crippen molar-refractivity contribution in [3.05, 3.63) is 267 Å². The molecule has 0 atom stereocenters. The highest BCUT2D eigenvalue weighted by molar-refractivity contribution is 6.27. The predicted octanol–water partition coefficient (Wildman–Crippen LogP) is 19.8. The molecule has 0 aromatic heterocycles. The molecule has 0 aliphatic carbocycles. The van der Waals surface area contributed by atoms with Gasteiger partial charge in [-0.25, -0.2) is 0 Å². The Morgan fingerprint density at radius 2 is 0.486 bits per heavy atom. The Kier molecular flexibility index (Phi) is 9.32. The average molecular weight is 885 g/mol. The molecule has 0 unspecified atom stereocenters. The van der Waals surface area contributed by atoms with Gasteiger partial charge in [0.2, 0.25) is 0 Å². The molecule has 0 amide bonds. The fourth-order valence-electron chi connectivity index (χ4n) is 11.4. The van der Waals surface area contributed by atoms with Crippen molar-refractivity contribution < 1.29 is 0 Å². The Labute approximate surface area is 407 Å². The van der Waals surface area contributed by atoms with Crippen molar-refractivity contribution >= 4 is 75.4 Å². The lowest BCUT2D eigenvalue weighted by Gasteiger charge is -2.22. The normalized spacial score (nSPS) is 11.7. The fourth-order valence-corrected chi connectivity index (χ4v) is 11.4. The van der Waals surface area contributed by atoms with Crippen LogP contribution in [-0.4, -0.2) is 0 Å². The molecule has 0 aliphatic heterocycles. The van der Waals surface area contributed by atoms with Gasteiger partial charge in [-0.2, -0.15) is 0 Å². The molecular weight excluding hydrogens is 841 g/mol. The maximum absolute atomic E-state index is 2.52. The quantitative estimate of drug-likeness (QED) is 0.115. The van der Waals surface area contributed by atoms with Gasteiger partial charge < -0.3 is 0 Å². The topological polar surface area (TPSA) is 0 Å². The molecule has 0 nitrogen and oxygen atoms in total. The predicted molar refractivity (Wildman–Crippen MR) is 302 cm³/mol. The van der Waals surface area contributed by atoms with Gasteiger partial charge in [0, 0.05) is 0 Å². The molecule has 0 saturated carbocycles. The van der Waals surface area contributed by atoms with Crippen molar-refractivity contribution in [1.29, 1.82) is 0 Å². The Morgan fingerprint density at radius 1 is 0.143 bits per heavy atom. The van der Waals surface area contributed by atoms with E-state index in [1.807, 2.05) is 0 Å². The maximum atomic E-state index is 2.52. The van der Waals surface area contributed by atoms with E-state index in [0.29, 0.717) is 0 Å². The van der Waals surface area contributed by atoms with Crippen LogP contribution in [-0.2, 0) is 0 Å². The van der Waals surface area contributed by atoms with Crippen LogP contribution in [0.1, 0.15) is 0 Å². The van der Waals surface area contributed by atoms with Gasteiger partial charge in [-0.05, 0) is 203 Å². The molecule has 0 heterocycles. The van der Waals surface area contributed by atoms with Crippen molar-refractivity contribution in [1.82, 2.24) is 0 Å². The Balaban J connectivity index is 1.17. The third kappa shape index (κ3) is 6.68. The summed E-state index contributed by atoms with van der Waals surface area (Å²) in [6.07, 6.45) is 0. The third-order valence-electron chi connectivity index (χ3n) is 14.7. The fraction of sp³-hybridized carbons (Fsp3) is 0. The van der Waals surface area contributed by atoms with E-state index in [9.17, 15) is 0 Å². The Morgan fingerprint density at radius 3 is 1.00 bits per heavy atom. The molecule has 70 heavy (non-hydrogen) atoms. The summed E-state index contributed by atoms with van der Waals surface area (Å²) in [7, 11) is 0. The summed E-state index contributed by atoms with van der Waals surface area (Å²) in [5.41, 5.74) is 14.5. The summed E-state index contributed by atoms with van der Waals surface area (Å²) >= 11 is 0. The summed E-state index contributed by atoms with van der Waals surface area (Å²) in [6, 6.07) is 99.6. The van der Waals surface area contributed by atoms with Crippen LogP contribution < -0.4 is 0 Å². The lowest BCUT2D eigenvalue weighted by molar-refractivity contribution is 1.58. The number of benzene rings is 14. The van der Waals surface area contributed by atoms with E-state index in [1.54, 1.807) is 0 Å². The van der Waals surface area contributed by atoms with E-state index in [0.717, 1.165) is 0 Å². The molecule has 0 fully saturated rings. The molecule has 0 bridgehead atoms. The number of rotatable bonds is 6. The first-order valence-electron chi connectivity index (χ1n) is 24.3. The van der Waals surface area contributed by atoms with Gasteiger partial charge in [-0.1, -0.05) is 206 Å². The van der Waals surface area contributed by atoms with Crippen LogP contribution in [0.15, 0.2) is 267 Å². The standard InChI is InChI=1S/C70H44/c1-3-17-45(18-4-1)53-35-54(46-19-5-2-6-20-46)37-57(36-53)69-65-41-50-24-7-8-25-51(50)42-66(65)70(68-44-64-52(43-67(68)69)34-33-49-23-11-14-30-61(49)64)58-39-55(62-31-15-26-47-21-9-12-28-59(47)62)38-56(40-58)63-32-16-27-48-22-10-13-29-60(48)63/h1-44H. The van der Waals surface area contributed by atoms with E-state index in [2.05, 4.69) is 267 Å². The smallest absolute Gasteiger partial charge is 0.00255 e. The molecule has 0 aliphatic rings. The Bertz CT molecular complexity index is 4220. The van der Waals surface area contributed by atoms with Gasteiger partial charge in [0.15, 0.2) is 0 Å². The summed E-state index contributed by atoms with van der Waals surface area (Å²) in [5.74, 6) is 0. The van der Waals surface area contributed by atoms with Crippen molar-refractivity contribution in [2.75, 3.05) is 0 Å². The first kappa shape index (κ1) is 40.0. The van der Waals surface area contributed by atoms with Crippen molar-refractivity contribution in [3.63, 3.8) is 0 Å². The monoisotopic (exact) mass is 884 g/mol. The van der Waals surface area contributed by atoms with Gasteiger partial charge in [0.25, 0.3) is 0 Å². The maximum Gasteiger partial charge on any atom is -0.00255 e. The van der Waals surface area contributed by atoms with Crippen molar-refractivity contribution in [3.8, 4) is 66.8 Å². The molecular formula is C70H44. The van der Waals surface area contributed by atoms with Gasteiger partial charge in [0.1, 0.15) is 0 Å². The molecule has 0 radical (unpaired) electrons. The summed E-state index contributed by atoms with van der Waals surface area (Å²) in [6.45, 7) is 0. The summed E-state index contributed by atoms with van der Waals surface area (Å²) < 4.78 is 0. The SMILES string of the molecule is c1ccc(-c2cc(-c3ccccc3)cc(-c3c4cc5ccccc5cc4c(-c4cc(-c5cccc6ccccc56)cc(-c5cccc6ccccc56)c4)c4cc5c(ccc6ccccc65)cc34)c2)cc1. The van der Waals surface area contributed by atoms with Crippen LogP contribution in [0.25, 0.3) is 142 Å². The van der Waals surface area contributed by atoms with Crippen LogP contribution in [0.2, 0.25) is 0 Å². The summed E-state index contributed by atoms with van der Waals surface area (Å²) in [4.78, 5) is 0. The molecule has 0 spiro atoms. The minimum atomic E-state index is 1.19. The first-order valence-corrected chi connectivity index (χ1v) is 24.3. The van der Waals surface area contributed by atoms with Crippen molar-refractivity contribution in [2.24, 2.45) is 0 Å². The van der Waals surface area contributed by atoms with E-state index < -0.39 is 0 Å². The zero-order chi connectivity index (χ0) is 46.1. The largest absolute Gasteiger partial charge is 0.0622 e. The van der Waals surface area contributed by atoms with E-state index in [1.165, 1.54) is 142 Å². The molecule has 14 aromatic carbocycles. The van der Waals surface area contributed by atoms with Crippen LogP contribution >= 0.6 is 0 Å². The number of fused-ring (bicyclic) bond motifs is 8. The van der Waals surface area contributed by atoms with Crippen molar-refractivity contribution in [2.45, 2.75) is 0 Å². The second-order valence-corrected chi connectivity index (χ2v) is 18.8. The lowest BCUT2D eigenvalue weighted by Crippen LogP contribution is -1.95. The first-order chi connectivity index (χ1) is 34.7. The molecule has 14 aromatic rings. The summed E-state index contributed by atoms with van der Waals surface area (Å²) in [5, 5.41) is 17.3. The zero-order valence-corrected chi connectivity index (χ0v) is 38.4. The van der Waals surface area contributed by atoms with Gasteiger partial charge in [0.05, 0.1) is 0 Å². The second kappa shape index (κ2) is 16.3. The molecule has 14 rings (SSSR count). The van der Waals surface area contributed by atoms with Crippen LogP contribution in [0, 0.1) is 0 Å². The molecule has 0 N–H and O–H groups in total. The second-order valence-electron chi connectivity index (χ2n) is 18.8. The van der Waals surface area contributed by atoms with E-state index in [4.69, 9.17) is 0 Å².